The van der Waals surface area contributed by atoms with Crippen molar-refractivity contribution in [3.8, 4) is 0 Å². The van der Waals surface area contributed by atoms with Crippen LogP contribution in [-0.4, -0.2) is 41.9 Å². The third-order valence-electron chi connectivity index (χ3n) is 3.73. The number of esters is 1. The molecule has 0 aromatic heterocycles. The van der Waals surface area contributed by atoms with Gasteiger partial charge in [-0.15, -0.1) is 0 Å². The summed E-state index contributed by atoms with van der Waals surface area (Å²) in [5.74, 6) is -0.0571. The number of Topliss-reactive ketones (excluding diaryl/α,β-unsaturated/α-hetero) is 1. The fourth-order valence-electron chi connectivity index (χ4n) is 2.72. The predicted octanol–water partition coefficient (Wildman–Crippen LogP) is 1.16. The van der Waals surface area contributed by atoms with E-state index in [4.69, 9.17) is 4.74 Å². The third kappa shape index (κ3) is 2.27. The van der Waals surface area contributed by atoms with Gasteiger partial charge in [0.05, 0.1) is 6.61 Å². The van der Waals surface area contributed by atoms with E-state index in [1.54, 1.807) is 6.92 Å². The van der Waals surface area contributed by atoms with Gasteiger partial charge in [0, 0.05) is 24.9 Å². The summed E-state index contributed by atoms with van der Waals surface area (Å²) in [5, 5.41) is 0. The Morgan fingerprint density at radius 1 is 1.53 bits per heavy atom. The molecule has 0 aromatic rings. The molecule has 0 saturated carbocycles. The van der Waals surface area contributed by atoms with Crippen molar-refractivity contribution < 1.29 is 14.3 Å². The van der Waals surface area contributed by atoms with Crippen LogP contribution in [0.25, 0.3) is 0 Å². The summed E-state index contributed by atoms with van der Waals surface area (Å²) in [5.41, 5.74) is 0. The van der Waals surface area contributed by atoms with Crippen LogP contribution in [0.15, 0.2) is 12.2 Å². The molecule has 1 fully saturated rings. The van der Waals surface area contributed by atoms with Gasteiger partial charge in [-0.3, -0.25) is 14.5 Å². The number of rotatable bonds is 2. The van der Waals surface area contributed by atoms with E-state index in [-0.39, 0.29) is 29.8 Å². The lowest BCUT2D eigenvalue weighted by atomic mass is 9.82. The highest BCUT2D eigenvalue weighted by molar-refractivity contribution is 5.89. The van der Waals surface area contributed by atoms with Gasteiger partial charge in [0.2, 0.25) is 0 Å². The summed E-state index contributed by atoms with van der Waals surface area (Å²) >= 11 is 0. The fourth-order valence-corrected chi connectivity index (χ4v) is 2.72. The highest BCUT2D eigenvalue weighted by atomic mass is 16.5. The van der Waals surface area contributed by atoms with Gasteiger partial charge in [0.15, 0.2) is 0 Å². The maximum atomic E-state index is 11.9. The first-order valence-electron chi connectivity index (χ1n) is 6.25. The lowest BCUT2D eigenvalue weighted by Gasteiger charge is -2.44. The average Bonchev–Trinajstić information content (AvgIpc) is 2.34. The van der Waals surface area contributed by atoms with Crippen LogP contribution in [0.2, 0.25) is 0 Å². The van der Waals surface area contributed by atoms with E-state index in [9.17, 15) is 9.59 Å². The van der Waals surface area contributed by atoms with E-state index in [0.29, 0.717) is 13.0 Å². The molecular formula is C13H19NO3. The highest BCUT2D eigenvalue weighted by Crippen LogP contribution is 2.30. The van der Waals surface area contributed by atoms with Crippen LogP contribution in [0.4, 0.5) is 0 Å². The quantitative estimate of drug-likeness (QED) is 0.534. The van der Waals surface area contributed by atoms with Gasteiger partial charge in [0.1, 0.15) is 11.8 Å². The zero-order chi connectivity index (χ0) is 12.4. The first kappa shape index (κ1) is 12.3. The van der Waals surface area contributed by atoms with Crippen molar-refractivity contribution in [2.45, 2.75) is 38.8 Å². The topological polar surface area (TPSA) is 46.6 Å². The van der Waals surface area contributed by atoms with Crippen molar-refractivity contribution in [1.29, 1.82) is 0 Å². The SMILES string of the molecule is CCOC(=O)[C@@H]1CC(=O)[C@@H](C)[C@@H]2CC=CCN12. The van der Waals surface area contributed by atoms with E-state index in [1.165, 1.54) is 0 Å². The van der Waals surface area contributed by atoms with Crippen LogP contribution in [0.5, 0.6) is 0 Å². The van der Waals surface area contributed by atoms with Crippen molar-refractivity contribution in [1.82, 2.24) is 4.90 Å². The lowest BCUT2D eigenvalue weighted by Crippen LogP contribution is -2.57. The number of carbonyl (C=O) groups excluding carboxylic acids is 2. The molecule has 0 radical (unpaired) electrons. The number of carbonyl (C=O) groups is 2. The molecule has 0 amide bonds. The second kappa shape index (κ2) is 5.00. The highest BCUT2D eigenvalue weighted by Gasteiger charge is 2.43. The minimum Gasteiger partial charge on any atom is -0.465 e. The molecule has 0 spiro atoms. The molecule has 3 atom stereocenters. The Bertz CT molecular complexity index is 351. The first-order chi connectivity index (χ1) is 8.15. The van der Waals surface area contributed by atoms with E-state index in [1.807, 2.05) is 6.92 Å². The molecule has 17 heavy (non-hydrogen) atoms. The number of hydrogen-bond acceptors (Lipinski definition) is 4. The summed E-state index contributed by atoms with van der Waals surface area (Å²) in [7, 11) is 0. The zero-order valence-corrected chi connectivity index (χ0v) is 10.4. The Labute approximate surface area is 102 Å². The molecule has 0 aromatic carbocycles. The van der Waals surface area contributed by atoms with Crippen LogP contribution >= 0.6 is 0 Å². The molecule has 0 N–H and O–H groups in total. The predicted molar refractivity (Wildman–Crippen MR) is 63.5 cm³/mol. The molecule has 0 aliphatic carbocycles. The van der Waals surface area contributed by atoms with Gasteiger partial charge in [-0.2, -0.15) is 0 Å². The molecule has 2 rings (SSSR count). The Hall–Kier alpha value is -1.16. The van der Waals surface area contributed by atoms with Crippen LogP contribution < -0.4 is 0 Å². The van der Waals surface area contributed by atoms with Gasteiger partial charge < -0.3 is 4.74 Å². The first-order valence-corrected chi connectivity index (χ1v) is 6.25. The van der Waals surface area contributed by atoms with Crippen molar-refractivity contribution in [2.24, 2.45) is 5.92 Å². The normalized spacial score (nSPS) is 33.3. The Morgan fingerprint density at radius 2 is 2.29 bits per heavy atom. The van der Waals surface area contributed by atoms with Crippen molar-refractivity contribution in [3.63, 3.8) is 0 Å². The Kier molecular flexibility index (Phi) is 3.62. The van der Waals surface area contributed by atoms with Crippen LogP contribution in [0.3, 0.4) is 0 Å². The number of piperidine rings is 1. The second-order valence-electron chi connectivity index (χ2n) is 4.70. The lowest BCUT2D eigenvalue weighted by molar-refractivity contribution is -0.157. The molecule has 4 nitrogen and oxygen atoms in total. The molecule has 2 aliphatic heterocycles. The van der Waals surface area contributed by atoms with Crippen LogP contribution in [0.1, 0.15) is 26.7 Å². The molecule has 0 bridgehead atoms. The molecule has 1 saturated heterocycles. The fraction of sp³-hybridized carbons (Fsp3) is 0.692. The maximum absolute atomic E-state index is 11.9. The maximum Gasteiger partial charge on any atom is 0.323 e. The Morgan fingerprint density at radius 3 is 3.00 bits per heavy atom. The summed E-state index contributed by atoms with van der Waals surface area (Å²) in [6.07, 6.45) is 5.30. The van der Waals surface area contributed by atoms with Gasteiger partial charge in [0.25, 0.3) is 0 Å². The molecule has 0 unspecified atom stereocenters. The standard InChI is InChI=1S/C13H19NO3/c1-3-17-13(16)11-8-12(15)9(2)10-6-4-5-7-14(10)11/h4-5,9-11H,3,6-8H2,1-2H3/t9-,10-,11-/m0/s1. The van der Waals surface area contributed by atoms with Gasteiger partial charge in [-0.25, -0.2) is 0 Å². The third-order valence-corrected chi connectivity index (χ3v) is 3.73. The largest absolute Gasteiger partial charge is 0.465 e. The summed E-state index contributed by atoms with van der Waals surface area (Å²) in [4.78, 5) is 25.9. The van der Waals surface area contributed by atoms with Crippen LogP contribution in [0, 0.1) is 5.92 Å². The van der Waals surface area contributed by atoms with Crippen molar-refractivity contribution in [2.75, 3.05) is 13.2 Å². The van der Waals surface area contributed by atoms with Gasteiger partial charge in [-0.05, 0) is 13.3 Å². The van der Waals surface area contributed by atoms with E-state index in [2.05, 4.69) is 17.1 Å². The smallest absolute Gasteiger partial charge is 0.323 e. The molecule has 2 aliphatic rings. The van der Waals surface area contributed by atoms with Crippen molar-refractivity contribution in [3.05, 3.63) is 12.2 Å². The average molecular weight is 237 g/mol. The van der Waals surface area contributed by atoms with E-state index >= 15 is 0 Å². The minimum absolute atomic E-state index is 0.0191. The number of ether oxygens (including phenoxy) is 1. The summed E-state index contributed by atoms with van der Waals surface area (Å²) < 4.78 is 5.06. The number of hydrogen-bond donors (Lipinski definition) is 0. The van der Waals surface area contributed by atoms with Gasteiger partial charge in [-0.1, -0.05) is 19.1 Å². The molecule has 2 heterocycles. The monoisotopic (exact) mass is 237 g/mol. The zero-order valence-electron chi connectivity index (χ0n) is 10.4. The van der Waals surface area contributed by atoms with Gasteiger partial charge >= 0.3 is 5.97 Å². The van der Waals surface area contributed by atoms with Crippen LogP contribution in [-0.2, 0) is 14.3 Å². The molecule has 4 heteroatoms. The second-order valence-corrected chi connectivity index (χ2v) is 4.70. The summed E-state index contributed by atoms with van der Waals surface area (Å²) in [6, 6.07) is -0.218. The summed E-state index contributed by atoms with van der Waals surface area (Å²) in [6.45, 7) is 4.86. The van der Waals surface area contributed by atoms with E-state index < -0.39 is 0 Å². The number of ketones is 1. The molecule has 94 valence electrons. The number of nitrogens with zero attached hydrogens (tertiary/aromatic N) is 1. The minimum atomic E-state index is -0.381. The number of fused-ring (bicyclic) bond motifs is 1. The molecular weight excluding hydrogens is 218 g/mol. The Balaban J connectivity index is 2.18. The van der Waals surface area contributed by atoms with Crippen molar-refractivity contribution >= 4 is 11.8 Å². The van der Waals surface area contributed by atoms with E-state index in [0.717, 1.165) is 13.0 Å².